The summed E-state index contributed by atoms with van der Waals surface area (Å²) in [5, 5.41) is 0.838. The Hall–Kier alpha value is -2.93. The van der Waals surface area contributed by atoms with Crippen LogP contribution < -0.4 is 4.74 Å². The number of aryl methyl sites for hydroxylation is 1. The highest BCUT2D eigenvalue weighted by Crippen LogP contribution is 2.28. The van der Waals surface area contributed by atoms with Crippen LogP contribution >= 0.6 is 11.3 Å². The zero-order chi connectivity index (χ0) is 21.0. The fourth-order valence-corrected chi connectivity index (χ4v) is 3.81. The number of hydrogen-bond acceptors (Lipinski definition) is 6. The van der Waals surface area contributed by atoms with Crippen LogP contribution in [0.25, 0.3) is 10.2 Å². The Labute approximate surface area is 174 Å². The fourth-order valence-electron chi connectivity index (χ4n) is 2.74. The molecule has 3 aromatic rings. The molecule has 0 radical (unpaired) electrons. The topological polar surface area (TPSA) is 68.7 Å². The normalized spacial score (nSPS) is 13.0. The van der Waals surface area contributed by atoms with E-state index < -0.39 is 12.1 Å². The van der Waals surface area contributed by atoms with E-state index in [-0.39, 0.29) is 18.6 Å². The van der Waals surface area contributed by atoms with Crippen LogP contribution in [-0.2, 0) is 14.3 Å². The first-order valence-electron chi connectivity index (χ1n) is 9.36. The van der Waals surface area contributed by atoms with E-state index in [1.165, 1.54) is 4.90 Å². The lowest BCUT2D eigenvalue weighted by Crippen LogP contribution is -2.35. The van der Waals surface area contributed by atoms with Gasteiger partial charge in [-0.1, -0.05) is 24.3 Å². The number of amides is 1. The van der Waals surface area contributed by atoms with Crippen LogP contribution in [0.4, 0.5) is 0 Å². The Morgan fingerprint density at radius 2 is 1.90 bits per heavy atom. The molecule has 1 heterocycles. The summed E-state index contributed by atoms with van der Waals surface area (Å²) in [5.74, 6) is -0.295. The second-order valence-electron chi connectivity index (χ2n) is 6.88. The Morgan fingerprint density at radius 3 is 2.62 bits per heavy atom. The standard InChI is InChI=1S/C22H24N2O4S/c1-14-8-7-9-17(12-14)28-16(3)22(26)27-13-20(25)24(4)15(2)21-23-18-10-5-6-11-19(18)29-21/h5-12,15-16H,13H2,1-4H3/t15-,16-/m0/s1. The summed E-state index contributed by atoms with van der Waals surface area (Å²) in [6.45, 7) is 5.10. The second-order valence-corrected chi connectivity index (χ2v) is 7.95. The monoisotopic (exact) mass is 412 g/mol. The number of likely N-dealkylation sites (N-methyl/N-ethyl adjacent to an activating group) is 1. The number of ether oxygens (including phenoxy) is 2. The molecule has 0 aliphatic heterocycles. The van der Waals surface area contributed by atoms with Gasteiger partial charge in [0.2, 0.25) is 0 Å². The molecule has 3 rings (SSSR count). The zero-order valence-electron chi connectivity index (χ0n) is 16.9. The highest BCUT2D eigenvalue weighted by molar-refractivity contribution is 7.18. The van der Waals surface area contributed by atoms with Crippen LogP contribution in [0.3, 0.4) is 0 Å². The molecular weight excluding hydrogens is 388 g/mol. The smallest absolute Gasteiger partial charge is 0.347 e. The van der Waals surface area contributed by atoms with Crippen LogP contribution in [-0.4, -0.2) is 41.5 Å². The molecule has 0 bridgehead atoms. The van der Waals surface area contributed by atoms with Gasteiger partial charge in [0.15, 0.2) is 12.7 Å². The van der Waals surface area contributed by atoms with Crippen molar-refractivity contribution in [3.63, 3.8) is 0 Å². The van der Waals surface area contributed by atoms with E-state index >= 15 is 0 Å². The molecule has 0 saturated carbocycles. The van der Waals surface area contributed by atoms with E-state index in [1.807, 2.05) is 56.3 Å². The average molecular weight is 413 g/mol. The maximum absolute atomic E-state index is 12.5. The van der Waals surface area contributed by atoms with Gasteiger partial charge in [-0.25, -0.2) is 9.78 Å². The van der Waals surface area contributed by atoms with Crippen molar-refractivity contribution in [2.24, 2.45) is 0 Å². The second kappa shape index (κ2) is 9.05. The van der Waals surface area contributed by atoms with Gasteiger partial charge in [0, 0.05) is 7.05 Å². The van der Waals surface area contributed by atoms with Crippen molar-refractivity contribution in [1.29, 1.82) is 0 Å². The molecule has 2 atom stereocenters. The van der Waals surface area contributed by atoms with Gasteiger partial charge in [-0.05, 0) is 50.6 Å². The molecule has 1 aromatic heterocycles. The molecule has 1 amide bonds. The molecule has 2 aromatic carbocycles. The van der Waals surface area contributed by atoms with Gasteiger partial charge >= 0.3 is 5.97 Å². The first-order chi connectivity index (χ1) is 13.8. The van der Waals surface area contributed by atoms with Crippen LogP contribution in [0.5, 0.6) is 5.75 Å². The third-order valence-corrected chi connectivity index (χ3v) is 5.82. The minimum Gasteiger partial charge on any atom is -0.479 e. The number of nitrogens with zero attached hydrogens (tertiary/aromatic N) is 2. The quantitative estimate of drug-likeness (QED) is 0.546. The van der Waals surface area contributed by atoms with Gasteiger partial charge in [0.25, 0.3) is 5.91 Å². The first-order valence-corrected chi connectivity index (χ1v) is 10.2. The summed E-state index contributed by atoms with van der Waals surface area (Å²) in [6, 6.07) is 15.0. The van der Waals surface area contributed by atoms with E-state index in [9.17, 15) is 9.59 Å². The van der Waals surface area contributed by atoms with Crippen LogP contribution in [0.1, 0.15) is 30.5 Å². The molecule has 0 aliphatic rings. The van der Waals surface area contributed by atoms with E-state index in [2.05, 4.69) is 4.98 Å². The van der Waals surface area contributed by atoms with E-state index in [4.69, 9.17) is 9.47 Å². The Bertz CT molecular complexity index is 984. The van der Waals surface area contributed by atoms with Crippen molar-refractivity contribution in [3.05, 3.63) is 59.1 Å². The van der Waals surface area contributed by atoms with Crippen molar-refractivity contribution < 1.29 is 19.1 Å². The summed E-state index contributed by atoms with van der Waals surface area (Å²) in [6.07, 6.45) is -0.809. The number of thiazole rings is 1. The van der Waals surface area contributed by atoms with Gasteiger partial charge in [-0.2, -0.15) is 0 Å². The SMILES string of the molecule is Cc1cccc(O[C@@H](C)C(=O)OCC(=O)N(C)[C@@H](C)c2nc3ccccc3s2)c1. The van der Waals surface area contributed by atoms with E-state index in [1.54, 1.807) is 31.4 Å². The zero-order valence-corrected chi connectivity index (χ0v) is 17.7. The summed E-state index contributed by atoms with van der Waals surface area (Å²) in [7, 11) is 1.68. The molecule has 7 heteroatoms. The van der Waals surface area contributed by atoms with Gasteiger partial charge in [0.05, 0.1) is 16.3 Å². The summed E-state index contributed by atoms with van der Waals surface area (Å²) in [5.41, 5.74) is 1.94. The summed E-state index contributed by atoms with van der Waals surface area (Å²) < 4.78 is 11.8. The average Bonchev–Trinajstić information content (AvgIpc) is 3.14. The molecular formula is C22H24N2O4S. The van der Waals surface area contributed by atoms with Gasteiger partial charge in [-0.3, -0.25) is 4.79 Å². The predicted octanol–water partition coefficient (Wildman–Crippen LogP) is 4.13. The lowest BCUT2D eigenvalue weighted by molar-refractivity contribution is -0.157. The first kappa shape index (κ1) is 20.8. The Kier molecular flexibility index (Phi) is 6.49. The van der Waals surface area contributed by atoms with E-state index in [0.29, 0.717) is 5.75 Å². The van der Waals surface area contributed by atoms with Crippen molar-refractivity contribution in [2.45, 2.75) is 32.9 Å². The van der Waals surface area contributed by atoms with Gasteiger partial charge in [0.1, 0.15) is 10.8 Å². The summed E-state index contributed by atoms with van der Waals surface area (Å²) >= 11 is 1.55. The van der Waals surface area contributed by atoms with Gasteiger partial charge < -0.3 is 14.4 Å². The number of esters is 1. The molecule has 0 saturated heterocycles. The molecule has 152 valence electrons. The molecule has 0 aliphatic carbocycles. The van der Waals surface area contributed by atoms with Crippen LogP contribution in [0.2, 0.25) is 0 Å². The van der Waals surface area contributed by atoms with Crippen LogP contribution in [0.15, 0.2) is 48.5 Å². The third kappa shape index (κ3) is 5.12. The maximum Gasteiger partial charge on any atom is 0.347 e. The van der Waals surface area contributed by atoms with Gasteiger partial charge in [-0.15, -0.1) is 11.3 Å². The minimum absolute atomic E-state index is 0.223. The molecule has 0 spiro atoms. The highest BCUT2D eigenvalue weighted by Gasteiger charge is 2.23. The Morgan fingerprint density at radius 1 is 1.14 bits per heavy atom. The number of carbonyl (C=O) groups is 2. The van der Waals surface area contributed by atoms with E-state index in [0.717, 1.165) is 20.8 Å². The number of para-hydroxylation sites is 1. The predicted molar refractivity (Wildman–Crippen MR) is 113 cm³/mol. The number of carbonyl (C=O) groups excluding carboxylic acids is 2. The van der Waals surface area contributed by atoms with Crippen molar-refractivity contribution in [3.8, 4) is 5.75 Å². The largest absolute Gasteiger partial charge is 0.479 e. The molecule has 0 N–H and O–H groups in total. The Balaban J connectivity index is 1.54. The van der Waals surface area contributed by atoms with Crippen LogP contribution in [0, 0.1) is 6.92 Å². The molecule has 29 heavy (non-hydrogen) atoms. The molecule has 0 unspecified atom stereocenters. The lowest BCUT2D eigenvalue weighted by atomic mass is 10.2. The molecule has 6 nitrogen and oxygen atoms in total. The maximum atomic E-state index is 12.5. The number of fused-ring (bicyclic) bond motifs is 1. The lowest BCUT2D eigenvalue weighted by Gasteiger charge is -2.23. The molecule has 0 fully saturated rings. The third-order valence-electron chi connectivity index (χ3n) is 4.61. The van der Waals surface area contributed by atoms with Crippen molar-refractivity contribution >= 4 is 33.4 Å². The van der Waals surface area contributed by atoms with Crippen molar-refractivity contribution in [1.82, 2.24) is 9.88 Å². The fraction of sp³-hybridized carbons (Fsp3) is 0.318. The number of rotatable bonds is 7. The number of aromatic nitrogens is 1. The van der Waals surface area contributed by atoms with Crippen molar-refractivity contribution in [2.75, 3.05) is 13.7 Å². The number of benzene rings is 2. The number of hydrogen-bond donors (Lipinski definition) is 0. The minimum atomic E-state index is -0.809. The highest BCUT2D eigenvalue weighted by atomic mass is 32.1. The summed E-state index contributed by atoms with van der Waals surface area (Å²) in [4.78, 5) is 30.8.